The molecule has 94 valence electrons. The van der Waals surface area contributed by atoms with E-state index in [1.807, 2.05) is 16.7 Å². The molecule has 2 aliphatic heterocycles. The summed E-state index contributed by atoms with van der Waals surface area (Å²) in [4.78, 5) is 14.1. The van der Waals surface area contributed by atoms with Crippen molar-refractivity contribution >= 4 is 30.1 Å². The maximum absolute atomic E-state index is 12.1. The largest absolute Gasteiger partial charge is 0.341 e. The van der Waals surface area contributed by atoms with Crippen LogP contribution in [0.4, 0.5) is 0 Å². The second-order valence-corrected chi connectivity index (χ2v) is 6.29. The summed E-state index contributed by atoms with van der Waals surface area (Å²) in [6.45, 7) is 6.46. The van der Waals surface area contributed by atoms with Gasteiger partial charge in [-0.15, -0.1) is 24.2 Å². The van der Waals surface area contributed by atoms with E-state index >= 15 is 0 Å². The zero-order valence-electron chi connectivity index (χ0n) is 9.99. The number of piperidine rings is 1. The van der Waals surface area contributed by atoms with Gasteiger partial charge in [-0.1, -0.05) is 13.8 Å². The lowest BCUT2D eigenvalue weighted by Gasteiger charge is -2.37. The summed E-state index contributed by atoms with van der Waals surface area (Å²) in [7, 11) is 0. The van der Waals surface area contributed by atoms with E-state index in [2.05, 4.69) is 19.2 Å². The number of hydrogen-bond donors (Lipinski definition) is 1. The van der Waals surface area contributed by atoms with Gasteiger partial charge in [0.2, 0.25) is 5.91 Å². The molecule has 0 aromatic rings. The average molecular weight is 265 g/mol. The van der Waals surface area contributed by atoms with Gasteiger partial charge in [-0.3, -0.25) is 10.1 Å². The van der Waals surface area contributed by atoms with E-state index < -0.39 is 0 Å². The van der Waals surface area contributed by atoms with Crippen molar-refractivity contribution in [2.45, 2.75) is 32.7 Å². The molecule has 2 heterocycles. The minimum absolute atomic E-state index is 0. The van der Waals surface area contributed by atoms with Crippen LogP contribution < -0.4 is 5.32 Å². The van der Waals surface area contributed by atoms with Crippen molar-refractivity contribution in [1.29, 1.82) is 0 Å². The lowest BCUT2D eigenvalue weighted by Crippen LogP contribution is -2.49. The molecular weight excluding hydrogens is 244 g/mol. The van der Waals surface area contributed by atoms with Crippen molar-refractivity contribution in [1.82, 2.24) is 10.2 Å². The van der Waals surface area contributed by atoms with E-state index in [0.29, 0.717) is 11.3 Å². The van der Waals surface area contributed by atoms with Gasteiger partial charge in [-0.05, 0) is 18.3 Å². The first-order valence-corrected chi connectivity index (χ1v) is 6.84. The van der Waals surface area contributed by atoms with Crippen LogP contribution in [0.2, 0.25) is 0 Å². The van der Waals surface area contributed by atoms with Crippen molar-refractivity contribution in [3.8, 4) is 0 Å². The van der Waals surface area contributed by atoms with Crippen LogP contribution in [0.1, 0.15) is 26.7 Å². The Bertz CT molecular complexity index is 244. The van der Waals surface area contributed by atoms with Gasteiger partial charge in [-0.25, -0.2) is 0 Å². The van der Waals surface area contributed by atoms with Gasteiger partial charge in [0.05, 0.1) is 6.04 Å². The van der Waals surface area contributed by atoms with Crippen LogP contribution in [0.3, 0.4) is 0 Å². The molecule has 1 unspecified atom stereocenters. The van der Waals surface area contributed by atoms with Gasteiger partial charge in [0.1, 0.15) is 0 Å². The molecule has 3 nitrogen and oxygen atoms in total. The van der Waals surface area contributed by atoms with Gasteiger partial charge in [-0.2, -0.15) is 0 Å². The normalized spacial score (nSPS) is 28.6. The minimum atomic E-state index is 0. The number of amides is 1. The van der Waals surface area contributed by atoms with E-state index in [1.54, 1.807) is 0 Å². The molecule has 0 aliphatic carbocycles. The molecule has 16 heavy (non-hydrogen) atoms. The molecule has 2 fully saturated rings. The van der Waals surface area contributed by atoms with Crippen LogP contribution in [0.25, 0.3) is 0 Å². The van der Waals surface area contributed by atoms with Crippen molar-refractivity contribution < 1.29 is 4.79 Å². The predicted octanol–water partition coefficient (Wildman–Crippen LogP) is 1.72. The SMILES string of the molecule is CC1(C)CCN(C(=O)C2CSCN2)CC1.Cl. The summed E-state index contributed by atoms with van der Waals surface area (Å²) in [6, 6.07) is 0.0798. The van der Waals surface area contributed by atoms with Gasteiger partial charge >= 0.3 is 0 Å². The Balaban J connectivity index is 0.00000128. The van der Waals surface area contributed by atoms with Crippen molar-refractivity contribution in [3.63, 3.8) is 0 Å². The standard InChI is InChI=1S/C11H20N2OS.ClH/c1-11(2)3-5-13(6-4-11)10(14)9-7-15-8-12-9;/h9,12H,3-8H2,1-2H3;1H. The molecule has 0 aromatic heterocycles. The Labute approximate surface area is 108 Å². The second kappa shape index (κ2) is 5.61. The first-order valence-electron chi connectivity index (χ1n) is 5.68. The monoisotopic (exact) mass is 264 g/mol. The van der Waals surface area contributed by atoms with Crippen LogP contribution in [-0.4, -0.2) is 41.6 Å². The van der Waals surface area contributed by atoms with Crippen LogP contribution in [0.5, 0.6) is 0 Å². The molecule has 2 saturated heterocycles. The number of halogens is 1. The highest BCUT2D eigenvalue weighted by Gasteiger charge is 2.32. The highest BCUT2D eigenvalue weighted by molar-refractivity contribution is 7.99. The lowest BCUT2D eigenvalue weighted by atomic mass is 9.82. The first-order chi connectivity index (χ1) is 7.08. The molecule has 0 saturated carbocycles. The molecule has 2 rings (SSSR count). The molecule has 5 heteroatoms. The van der Waals surface area contributed by atoms with Crippen molar-refractivity contribution in [2.24, 2.45) is 5.41 Å². The molecule has 2 aliphatic rings. The number of carbonyl (C=O) groups is 1. The lowest BCUT2D eigenvalue weighted by molar-refractivity contribution is -0.134. The molecule has 0 spiro atoms. The topological polar surface area (TPSA) is 32.3 Å². The molecule has 1 amide bonds. The fourth-order valence-electron chi connectivity index (χ4n) is 2.11. The summed E-state index contributed by atoms with van der Waals surface area (Å²) >= 11 is 1.82. The Hall–Kier alpha value is 0.0700. The summed E-state index contributed by atoms with van der Waals surface area (Å²) in [5, 5.41) is 3.25. The molecule has 1 atom stereocenters. The van der Waals surface area contributed by atoms with E-state index in [-0.39, 0.29) is 18.4 Å². The Kier molecular flexibility index (Phi) is 4.95. The Morgan fingerprint density at radius 2 is 2.00 bits per heavy atom. The van der Waals surface area contributed by atoms with Crippen LogP contribution in [-0.2, 0) is 4.79 Å². The third-order valence-electron chi connectivity index (χ3n) is 3.44. The quantitative estimate of drug-likeness (QED) is 0.783. The maximum atomic E-state index is 12.1. The molecular formula is C11H21ClN2OS. The maximum Gasteiger partial charge on any atom is 0.240 e. The number of likely N-dealkylation sites (tertiary alicyclic amines) is 1. The smallest absolute Gasteiger partial charge is 0.240 e. The Morgan fingerprint density at radius 3 is 2.50 bits per heavy atom. The molecule has 0 aromatic carbocycles. The molecule has 1 N–H and O–H groups in total. The third kappa shape index (κ3) is 3.28. The predicted molar refractivity (Wildman–Crippen MR) is 71.1 cm³/mol. The number of carbonyl (C=O) groups excluding carboxylic acids is 1. The van der Waals surface area contributed by atoms with E-state index in [4.69, 9.17) is 0 Å². The summed E-state index contributed by atoms with van der Waals surface area (Å²) < 4.78 is 0. The van der Waals surface area contributed by atoms with Crippen molar-refractivity contribution in [3.05, 3.63) is 0 Å². The first kappa shape index (κ1) is 14.1. The fourth-order valence-corrected chi connectivity index (χ4v) is 3.04. The zero-order valence-corrected chi connectivity index (χ0v) is 11.6. The second-order valence-electron chi connectivity index (χ2n) is 5.26. The average Bonchev–Trinajstić information content (AvgIpc) is 2.69. The number of rotatable bonds is 1. The fraction of sp³-hybridized carbons (Fsp3) is 0.909. The van der Waals surface area contributed by atoms with Gasteiger partial charge in [0.25, 0.3) is 0 Å². The van der Waals surface area contributed by atoms with Crippen LogP contribution in [0, 0.1) is 5.41 Å². The third-order valence-corrected chi connectivity index (χ3v) is 4.38. The number of nitrogens with one attached hydrogen (secondary N) is 1. The van der Waals surface area contributed by atoms with Gasteiger partial charge < -0.3 is 4.90 Å². The number of hydrogen-bond acceptors (Lipinski definition) is 3. The molecule has 0 radical (unpaired) electrons. The summed E-state index contributed by atoms with van der Waals surface area (Å²) in [5.74, 6) is 2.18. The van der Waals surface area contributed by atoms with Crippen LogP contribution in [0.15, 0.2) is 0 Å². The molecule has 0 bridgehead atoms. The zero-order chi connectivity index (χ0) is 10.9. The number of nitrogens with zero attached hydrogens (tertiary/aromatic N) is 1. The van der Waals surface area contributed by atoms with Gasteiger partial charge in [0.15, 0.2) is 0 Å². The van der Waals surface area contributed by atoms with Crippen molar-refractivity contribution in [2.75, 3.05) is 24.7 Å². The van der Waals surface area contributed by atoms with Gasteiger partial charge in [0, 0.05) is 24.7 Å². The summed E-state index contributed by atoms with van der Waals surface area (Å²) in [6.07, 6.45) is 2.28. The van der Waals surface area contributed by atoms with E-state index in [1.165, 1.54) is 0 Å². The highest BCUT2D eigenvalue weighted by Crippen LogP contribution is 2.30. The van der Waals surface area contributed by atoms with E-state index in [0.717, 1.165) is 37.6 Å². The Morgan fingerprint density at radius 1 is 1.38 bits per heavy atom. The summed E-state index contributed by atoms with van der Waals surface area (Å²) in [5.41, 5.74) is 0.425. The number of thioether (sulfide) groups is 1. The highest BCUT2D eigenvalue weighted by atomic mass is 35.5. The minimum Gasteiger partial charge on any atom is -0.341 e. The van der Waals surface area contributed by atoms with E-state index in [9.17, 15) is 4.79 Å². The van der Waals surface area contributed by atoms with Crippen LogP contribution >= 0.6 is 24.2 Å².